The molecule has 0 spiro atoms. The number of likely N-dealkylation sites (N-methyl/N-ethyl adjacent to an activating group) is 1. The number of fused-ring (bicyclic) bond motifs is 2. The minimum atomic E-state index is 0.141. The van der Waals surface area contributed by atoms with Gasteiger partial charge in [-0.1, -0.05) is 6.07 Å². The van der Waals surface area contributed by atoms with Crippen molar-refractivity contribution in [1.82, 2.24) is 4.90 Å². The van der Waals surface area contributed by atoms with Crippen molar-refractivity contribution in [3.8, 4) is 5.75 Å². The molecule has 1 aromatic carbocycles. The molecular formula is C17H22N2O2. The molecule has 2 aliphatic heterocycles. The van der Waals surface area contributed by atoms with Crippen LogP contribution in [0.3, 0.4) is 0 Å². The summed E-state index contributed by atoms with van der Waals surface area (Å²) in [6.07, 6.45) is 3.56. The van der Waals surface area contributed by atoms with E-state index >= 15 is 0 Å². The topological polar surface area (TPSA) is 32.8 Å². The number of carbonyl (C=O) groups is 1. The van der Waals surface area contributed by atoms with Gasteiger partial charge in [-0.05, 0) is 44.1 Å². The van der Waals surface area contributed by atoms with Crippen LogP contribution in [0.2, 0.25) is 0 Å². The van der Waals surface area contributed by atoms with Crippen LogP contribution in [-0.2, 0) is 10.2 Å². The molecule has 1 saturated heterocycles. The Balaban J connectivity index is 1.76. The molecule has 3 aliphatic rings. The van der Waals surface area contributed by atoms with Crippen molar-refractivity contribution >= 4 is 11.5 Å². The lowest BCUT2D eigenvalue weighted by atomic mass is 9.66. The van der Waals surface area contributed by atoms with Crippen molar-refractivity contribution in [3.05, 3.63) is 23.8 Å². The maximum absolute atomic E-state index is 11.9. The van der Waals surface area contributed by atoms with Gasteiger partial charge < -0.3 is 14.5 Å². The smallest absolute Gasteiger partial charge is 0.161 e. The lowest BCUT2D eigenvalue weighted by Gasteiger charge is -2.41. The Morgan fingerprint density at radius 1 is 1.29 bits per heavy atom. The summed E-state index contributed by atoms with van der Waals surface area (Å²) in [7, 11) is 4.21. The number of hydrogen-bond acceptors (Lipinski definition) is 4. The summed E-state index contributed by atoms with van der Waals surface area (Å²) in [6, 6.07) is 7.02. The summed E-state index contributed by atoms with van der Waals surface area (Å²) in [5.41, 5.74) is 2.67. The van der Waals surface area contributed by atoms with Crippen LogP contribution in [0.4, 0.5) is 5.69 Å². The van der Waals surface area contributed by atoms with Crippen LogP contribution >= 0.6 is 0 Å². The minimum absolute atomic E-state index is 0.141. The second kappa shape index (κ2) is 4.47. The molecule has 0 aromatic heterocycles. The van der Waals surface area contributed by atoms with Gasteiger partial charge in [0.2, 0.25) is 0 Å². The fourth-order valence-electron chi connectivity index (χ4n) is 4.41. The number of nitrogens with zero attached hydrogens (tertiary/aromatic N) is 2. The van der Waals surface area contributed by atoms with Crippen LogP contribution in [0.15, 0.2) is 18.2 Å². The Morgan fingerprint density at radius 2 is 2.14 bits per heavy atom. The predicted octanol–water partition coefficient (Wildman–Crippen LogP) is 2.17. The Bertz CT molecular complexity index is 600. The molecule has 0 N–H and O–H groups in total. The van der Waals surface area contributed by atoms with E-state index in [-0.39, 0.29) is 5.41 Å². The lowest BCUT2D eigenvalue weighted by molar-refractivity contribution is -0.122. The quantitative estimate of drug-likeness (QED) is 0.792. The molecule has 4 rings (SSSR count). The molecule has 2 fully saturated rings. The minimum Gasteiger partial charge on any atom is -0.471 e. The first kappa shape index (κ1) is 13.1. The zero-order valence-electron chi connectivity index (χ0n) is 12.8. The van der Waals surface area contributed by atoms with E-state index in [0.29, 0.717) is 25.0 Å². The summed E-state index contributed by atoms with van der Waals surface area (Å²) in [5.74, 6) is 1.41. The van der Waals surface area contributed by atoms with E-state index in [1.165, 1.54) is 11.3 Å². The van der Waals surface area contributed by atoms with Gasteiger partial charge in [0.05, 0.1) is 5.69 Å². The highest BCUT2D eigenvalue weighted by molar-refractivity contribution is 5.81. The number of ketones is 1. The molecule has 0 unspecified atom stereocenters. The summed E-state index contributed by atoms with van der Waals surface area (Å²) in [4.78, 5) is 16.4. The number of anilines is 1. The number of benzene rings is 1. The first-order valence-electron chi connectivity index (χ1n) is 7.80. The summed E-state index contributed by atoms with van der Waals surface area (Å²) < 4.78 is 5.78. The standard InChI is InChI=1S/C17H22N2O2/c1-18-8-7-17(6-5-13(20)10-16(17)18)12-3-4-14-15(9-12)21-11-19(14)2/h3-4,9,16H,5-8,10-11H2,1-2H3/t16-,17-/m0/s1. The summed E-state index contributed by atoms with van der Waals surface area (Å²) in [6.45, 7) is 1.71. The average Bonchev–Trinajstić information content (AvgIpc) is 3.02. The van der Waals surface area contributed by atoms with Crippen LogP contribution in [0.25, 0.3) is 0 Å². The highest BCUT2D eigenvalue weighted by Gasteiger charge is 2.50. The van der Waals surface area contributed by atoms with Crippen LogP contribution in [0.5, 0.6) is 5.75 Å². The third-order valence-corrected chi connectivity index (χ3v) is 5.71. The largest absolute Gasteiger partial charge is 0.471 e. The average molecular weight is 286 g/mol. The van der Waals surface area contributed by atoms with Crippen LogP contribution in [0, 0.1) is 0 Å². The van der Waals surface area contributed by atoms with E-state index in [2.05, 4.69) is 42.1 Å². The first-order chi connectivity index (χ1) is 10.1. The summed E-state index contributed by atoms with van der Waals surface area (Å²) in [5, 5.41) is 0. The van der Waals surface area contributed by atoms with E-state index in [0.717, 1.165) is 31.6 Å². The van der Waals surface area contributed by atoms with E-state index in [1.54, 1.807) is 0 Å². The maximum atomic E-state index is 11.9. The van der Waals surface area contributed by atoms with Crippen molar-refractivity contribution in [1.29, 1.82) is 0 Å². The number of hydrogen-bond donors (Lipinski definition) is 0. The highest BCUT2D eigenvalue weighted by atomic mass is 16.5. The highest BCUT2D eigenvalue weighted by Crippen LogP contribution is 2.49. The van der Waals surface area contributed by atoms with Crippen molar-refractivity contribution in [2.24, 2.45) is 0 Å². The maximum Gasteiger partial charge on any atom is 0.161 e. The zero-order chi connectivity index (χ0) is 14.6. The number of Topliss-reactive ketones (excluding diaryl/α,β-unsaturated/α-hetero) is 1. The third-order valence-electron chi connectivity index (χ3n) is 5.71. The molecule has 4 heteroatoms. The molecule has 0 amide bonds. The Labute approximate surface area is 125 Å². The molecule has 21 heavy (non-hydrogen) atoms. The fraction of sp³-hybridized carbons (Fsp3) is 0.588. The number of ether oxygens (including phenoxy) is 1. The number of likely N-dealkylation sites (tertiary alicyclic amines) is 1. The van der Waals surface area contributed by atoms with E-state index < -0.39 is 0 Å². The van der Waals surface area contributed by atoms with Gasteiger partial charge in [0.1, 0.15) is 11.5 Å². The van der Waals surface area contributed by atoms with Gasteiger partial charge in [0.15, 0.2) is 6.73 Å². The molecule has 1 aromatic rings. The van der Waals surface area contributed by atoms with Gasteiger partial charge >= 0.3 is 0 Å². The molecular weight excluding hydrogens is 264 g/mol. The molecule has 0 radical (unpaired) electrons. The van der Waals surface area contributed by atoms with E-state index in [1.807, 2.05) is 0 Å². The van der Waals surface area contributed by atoms with E-state index in [4.69, 9.17) is 4.74 Å². The zero-order valence-corrected chi connectivity index (χ0v) is 12.8. The SMILES string of the molecule is CN1COc2cc([C@@]34CCC(=O)C[C@@H]3N(C)CC4)ccc21. The van der Waals surface area contributed by atoms with E-state index in [9.17, 15) is 4.79 Å². The van der Waals surface area contributed by atoms with Crippen molar-refractivity contribution in [2.45, 2.75) is 37.1 Å². The van der Waals surface area contributed by atoms with Gasteiger partial charge in [-0.25, -0.2) is 0 Å². The summed E-state index contributed by atoms with van der Waals surface area (Å²) >= 11 is 0. The van der Waals surface area contributed by atoms with Crippen LogP contribution in [0.1, 0.15) is 31.2 Å². The Kier molecular flexibility index (Phi) is 2.80. The van der Waals surface area contributed by atoms with Gasteiger partial charge in [-0.2, -0.15) is 0 Å². The van der Waals surface area contributed by atoms with Crippen molar-refractivity contribution in [2.75, 3.05) is 32.3 Å². The monoisotopic (exact) mass is 286 g/mol. The van der Waals surface area contributed by atoms with Crippen molar-refractivity contribution in [3.63, 3.8) is 0 Å². The van der Waals surface area contributed by atoms with Gasteiger partial charge in [0.25, 0.3) is 0 Å². The molecule has 2 atom stereocenters. The molecule has 1 saturated carbocycles. The lowest BCUT2D eigenvalue weighted by Crippen LogP contribution is -2.46. The third kappa shape index (κ3) is 1.81. The predicted molar refractivity (Wildman–Crippen MR) is 81.9 cm³/mol. The van der Waals surface area contributed by atoms with Crippen molar-refractivity contribution < 1.29 is 9.53 Å². The normalized spacial score (nSPS) is 32.0. The van der Waals surface area contributed by atoms with Crippen LogP contribution < -0.4 is 9.64 Å². The number of carbonyl (C=O) groups excluding carboxylic acids is 1. The molecule has 1 aliphatic carbocycles. The van der Waals surface area contributed by atoms with Crippen LogP contribution in [-0.4, -0.2) is 44.1 Å². The van der Waals surface area contributed by atoms with Gasteiger partial charge in [0, 0.05) is 31.3 Å². The first-order valence-corrected chi connectivity index (χ1v) is 7.80. The number of rotatable bonds is 1. The molecule has 0 bridgehead atoms. The van der Waals surface area contributed by atoms with Gasteiger partial charge in [-0.3, -0.25) is 4.79 Å². The molecule has 2 heterocycles. The Morgan fingerprint density at radius 3 is 3.00 bits per heavy atom. The second-order valence-corrected chi connectivity index (χ2v) is 6.80. The fourth-order valence-corrected chi connectivity index (χ4v) is 4.41. The van der Waals surface area contributed by atoms with Gasteiger partial charge in [-0.15, -0.1) is 0 Å². The Hall–Kier alpha value is -1.55. The molecule has 112 valence electrons. The second-order valence-electron chi connectivity index (χ2n) is 6.80. The molecule has 4 nitrogen and oxygen atoms in total.